The number of guanidine groups is 1. The van der Waals surface area contributed by atoms with Crippen LogP contribution in [-0.4, -0.2) is 69.6 Å². The predicted octanol–water partition coefficient (Wildman–Crippen LogP) is 3.49. The molecule has 8 heteroatoms. The number of halogens is 2. The lowest BCUT2D eigenvalue weighted by atomic mass is 10.1. The van der Waals surface area contributed by atoms with E-state index in [9.17, 15) is 0 Å². The van der Waals surface area contributed by atoms with Gasteiger partial charge in [0, 0.05) is 38.3 Å². The number of nitrogens with one attached hydrogen (secondary N) is 1. The first-order chi connectivity index (χ1) is 13.2. The monoisotopic (exact) mass is 523 g/mol. The number of hydrogen-bond acceptors (Lipinski definition) is 4. The zero-order chi connectivity index (χ0) is 19.1. The second-order valence-electron chi connectivity index (χ2n) is 6.99. The fraction of sp³-hybridized carbons (Fsp3) is 0.650. The molecule has 2 atom stereocenters. The van der Waals surface area contributed by atoms with Gasteiger partial charge in [0.25, 0.3) is 0 Å². The molecule has 0 aromatic heterocycles. The Bertz CT molecular complexity index is 641. The quantitative estimate of drug-likeness (QED) is 0.268. The Kier molecular flexibility index (Phi) is 10.1. The summed E-state index contributed by atoms with van der Waals surface area (Å²) in [6.07, 6.45) is 3.47. The van der Waals surface area contributed by atoms with Gasteiger partial charge in [0.2, 0.25) is 0 Å². The third kappa shape index (κ3) is 6.64. The van der Waals surface area contributed by atoms with Crippen LogP contribution < -0.4 is 10.1 Å². The molecule has 0 spiro atoms. The molecule has 1 aromatic carbocycles. The van der Waals surface area contributed by atoms with E-state index in [1.54, 1.807) is 0 Å². The van der Waals surface area contributed by atoms with Gasteiger partial charge in [0.1, 0.15) is 11.9 Å². The summed E-state index contributed by atoms with van der Waals surface area (Å²) in [6, 6.07) is 5.69. The molecular weight excluding hydrogens is 493 g/mol. The number of nitrogens with zero attached hydrogens (tertiary/aromatic N) is 2. The SMILES string of the molecule is CN=C(NCCCOc1ccc(Cl)cc1C)N1CCOC(C2CCCO2)C1.I. The van der Waals surface area contributed by atoms with Crippen molar-refractivity contribution < 1.29 is 14.2 Å². The molecule has 28 heavy (non-hydrogen) atoms. The Labute approximate surface area is 190 Å². The van der Waals surface area contributed by atoms with Crippen molar-refractivity contribution in [3.05, 3.63) is 28.8 Å². The Morgan fingerprint density at radius 3 is 2.86 bits per heavy atom. The standard InChI is InChI=1S/C20H30ClN3O3.HI/c1-15-13-16(21)6-7-17(15)25-11-4-8-23-20(22-2)24-9-12-27-19(14-24)18-5-3-10-26-18;/h6-7,13,18-19H,3-5,8-12,14H2,1-2H3,(H,22,23);1H. The summed E-state index contributed by atoms with van der Waals surface area (Å²) in [5.74, 6) is 1.81. The minimum atomic E-state index is 0. The van der Waals surface area contributed by atoms with Gasteiger partial charge in [0.15, 0.2) is 5.96 Å². The molecule has 6 nitrogen and oxygen atoms in total. The zero-order valence-electron chi connectivity index (χ0n) is 16.7. The van der Waals surface area contributed by atoms with Gasteiger partial charge in [-0.2, -0.15) is 0 Å². The Balaban J connectivity index is 0.00000280. The predicted molar refractivity (Wildman–Crippen MR) is 123 cm³/mol. The van der Waals surface area contributed by atoms with Crippen molar-refractivity contribution in [1.29, 1.82) is 0 Å². The maximum atomic E-state index is 5.98. The van der Waals surface area contributed by atoms with Gasteiger partial charge in [-0.1, -0.05) is 11.6 Å². The summed E-state index contributed by atoms with van der Waals surface area (Å²) in [5, 5.41) is 4.17. The first-order valence-electron chi connectivity index (χ1n) is 9.75. The van der Waals surface area contributed by atoms with Gasteiger partial charge >= 0.3 is 0 Å². The second kappa shape index (κ2) is 12.0. The van der Waals surface area contributed by atoms with Crippen LogP contribution in [-0.2, 0) is 9.47 Å². The van der Waals surface area contributed by atoms with Crippen LogP contribution in [0, 0.1) is 6.92 Å². The Hall–Kier alpha value is -0.770. The van der Waals surface area contributed by atoms with Crippen molar-refractivity contribution in [2.75, 3.05) is 46.5 Å². The van der Waals surface area contributed by atoms with Gasteiger partial charge < -0.3 is 24.4 Å². The van der Waals surface area contributed by atoms with E-state index in [2.05, 4.69) is 15.2 Å². The number of ether oxygens (including phenoxy) is 3. The molecule has 1 N–H and O–H groups in total. The van der Waals surface area contributed by atoms with Crippen LogP contribution in [0.25, 0.3) is 0 Å². The van der Waals surface area contributed by atoms with Gasteiger partial charge in [-0.25, -0.2) is 0 Å². The van der Waals surface area contributed by atoms with Crippen molar-refractivity contribution in [3.8, 4) is 5.75 Å². The number of benzene rings is 1. The van der Waals surface area contributed by atoms with Crippen molar-refractivity contribution in [2.45, 2.75) is 38.4 Å². The van der Waals surface area contributed by atoms with Gasteiger partial charge in [-0.3, -0.25) is 4.99 Å². The highest BCUT2D eigenvalue weighted by molar-refractivity contribution is 14.0. The van der Waals surface area contributed by atoms with E-state index in [4.69, 9.17) is 25.8 Å². The van der Waals surface area contributed by atoms with Gasteiger partial charge in [-0.05, 0) is 49.9 Å². The molecule has 0 bridgehead atoms. The molecule has 0 radical (unpaired) electrons. The van der Waals surface area contributed by atoms with E-state index in [1.807, 2.05) is 32.2 Å². The van der Waals surface area contributed by atoms with Crippen LogP contribution in [0.1, 0.15) is 24.8 Å². The van der Waals surface area contributed by atoms with E-state index >= 15 is 0 Å². The molecule has 0 aliphatic carbocycles. The highest BCUT2D eigenvalue weighted by Gasteiger charge is 2.32. The Morgan fingerprint density at radius 1 is 1.32 bits per heavy atom. The summed E-state index contributed by atoms with van der Waals surface area (Å²) in [5.41, 5.74) is 1.06. The third-order valence-corrected chi connectivity index (χ3v) is 5.22. The van der Waals surface area contributed by atoms with Crippen LogP contribution >= 0.6 is 35.6 Å². The average Bonchev–Trinajstić information content (AvgIpc) is 3.21. The summed E-state index contributed by atoms with van der Waals surface area (Å²) < 4.78 is 17.6. The first kappa shape index (κ1) is 23.5. The second-order valence-corrected chi connectivity index (χ2v) is 7.43. The molecule has 0 saturated carbocycles. The molecule has 2 unspecified atom stereocenters. The minimum Gasteiger partial charge on any atom is -0.493 e. The van der Waals surface area contributed by atoms with E-state index in [0.717, 1.165) is 67.8 Å². The average molecular weight is 524 g/mol. The number of morpholine rings is 1. The van der Waals surface area contributed by atoms with Crippen LogP contribution in [0.3, 0.4) is 0 Å². The molecule has 3 rings (SSSR count). The maximum absolute atomic E-state index is 5.98. The molecule has 2 saturated heterocycles. The third-order valence-electron chi connectivity index (χ3n) is 4.98. The van der Waals surface area contributed by atoms with Crippen molar-refractivity contribution in [2.24, 2.45) is 4.99 Å². The normalized spacial score (nSPS) is 22.7. The summed E-state index contributed by atoms with van der Waals surface area (Å²) >= 11 is 5.98. The van der Waals surface area contributed by atoms with E-state index in [0.29, 0.717) is 13.2 Å². The lowest BCUT2D eigenvalue weighted by molar-refractivity contribution is -0.0816. The lowest BCUT2D eigenvalue weighted by Crippen LogP contribution is -2.53. The minimum absolute atomic E-state index is 0. The van der Waals surface area contributed by atoms with Crippen LogP contribution in [0.2, 0.25) is 5.02 Å². The summed E-state index contributed by atoms with van der Waals surface area (Å²) in [6.45, 7) is 6.70. The molecule has 2 fully saturated rings. The fourth-order valence-electron chi connectivity index (χ4n) is 3.55. The number of aryl methyl sites for hydroxylation is 1. The molecule has 2 heterocycles. The lowest BCUT2D eigenvalue weighted by Gasteiger charge is -2.37. The van der Waals surface area contributed by atoms with E-state index < -0.39 is 0 Å². The molecule has 2 aliphatic heterocycles. The van der Waals surface area contributed by atoms with Gasteiger partial charge in [0.05, 0.1) is 19.3 Å². The molecule has 2 aliphatic rings. The van der Waals surface area contributed by atoms with Crippen LogP contribution in [0.15, 0.2) is 23.2 Å². The summed E-state index contributed by atoms with van der Waals surface area (Å²) in [4.78, 5) is 6.70. The maximum Gasteiger partial charge on any atom is 0.193 e. The van der Waals surface area contributed by atoms with Gasteiger partial charge in [-0.15, -0.1) is 24.0 Å². The number of hydrogen-bond donors (Lipinski definition) is 1. The topological polar surface area (TPSA) is 55.3 Å². The van der Waals surface area contributed by atoms with Crippen molar-refractivity contribution in [3.63, 3.8) is 0 Å². The number of aliphatic imine (C=N–C) groups is 1. The first-order valence-corrected chi connectivity index (χ1v) is 10.1. The van der Waals surface area contributed by atoms with Crippen LogP contribution in [0.4, 0.5) is 0 Å². The molecule has 0 amide bonds. The van der Waals surface area contributed by atoms with Crippen LogP contribution in [0.5, 0.6) is 5.75 Å². The Morgan fingerprint density at radius 2 is 2.14 bits per heavy atom. The van der Waals surface area contributed by atoms with E-state index in [1.165, 1.54) is 0 Å². The molecular formula is C20H31ClIN3O3. The highest BCUT2D eigenvalue weighted by Crippen LogP contribution is 2.22. The zero-order valence-corrected chi connectivity index (χ0v) is 19.7. The van der Waals surface area contributed by atoms with E-state index in [-0.39, 0.29) is 36.2 Å². The smallest absolute Gasteiger partial charge is 0.193 e. The molecule has 158 valence electrons. The van der Waals surface area contributed by atoms with Crippen molar-refractivity contribution in [1.82, 2.24) is 10.2 Å². The number of rotatable bonds is 6. The fourth-order valence-corrected chi connectivity index (χ4v) is 3.78. The summed E-state index contributed by atoms with van der Waals surface area (Å²) in [7, 11) is 1.83. The largest absolute Gasteiger partial charge is 0.493 e. The molecule has 1 aromatic rings. The van der Waals surface area contributed by atoms with Crippen molar-refractivity contribution >= 4 is 41.5 Å². The highest BCUT2D eigenvalue weighted by atomic mass is 127.